The molecule has 0 radical (unpaired) electrons. The second-order valence-corrected chi connectivity index (χ2v) is 5.73. The Morgan fingerprint density at radius 2 is 1.50 bits per heavy atom. The van der Waals surface area contributed by atoms with Crippen LogP contribution in [0.3, 0.4) is 0 Å². The highest BCUT2D eigenvalue weighted by atomic mass is 127. The molecule has 0 unspecified atom stereocenters. The lowest BCUT2D eigenvalue weighted by molar-refractivity contribution is 0.485. The molecule has 0 saturated carbocycles. The van der Waals surface area contributed by atoms with E-state index < -0.39 is 0 Å². The topological polar surface area (TPSA) is 35.2 Å². The first-order valence-corrected chi connectivity index (χ1v) is 6.79. The van der Waals surface area contributed by atoms with Crippen LogP contribution in [0.25, 0.3) is 0 Å². The zero-order valence-electron chi connectivity index (χ0n) is 8.28. The van der Waals surface area contributed by atoms with E-state index in [-0.39, 0.29) is 0 Å². The Labute approximate surface area is 121 Å². The Bertz CT molecular complexity index is 497. The molecule has 0 saturated heterocycles. The van der Waals surface area contributed by atoms with E-state index in [1.54, 1.807) is 0 Å². The van der Waals surface area contributed by atoms with Crippen LogP contribution in [0.4, 0.5) is 5.69 Å². The Kier molecular flexibility index (Phi) is 3.91. The highest BCUT2D eigenvalue weighted by Crippen LogP contribution is 2.28. The summed E-state index contributed by atoms with van der Waals surface area (Å²) in [6, 6.07) is 13.6. The summed E-state index contributed by atoms with van der Waals surface area (Å²) in [7, 11) is 0. The Morgan fingerprint density at radius 1 is 0.875 bits per heavy atom. The predicted molar refractivity (Wildman–Crippen MR) is 82.8 cm³/mol. The lowest BCUT2D eigenvalue weighted by Crippen LogP contribution is -1.92. The maximum Gasteiger partial charge on any atom is 0.150 e. The van der Waals surface area contributed by atoms with E-state index in [4.69, 9.17) is 10.5 Å². The lowest BCUT2D eigenvalue weighted by atomic mass is 10.3. The number of hydrogen-bond acceptors (Lipinski definition) is 2. The largest absolute Gasteiger partial charge is 0.455 e. The molecule has 0 amide bonds. The van der Waals surface area contributed by atoms with Crippen LogP contribution in [-0.2, 0) is 0 Å². The molecule has 4 heteroatoms. The van der Waals surface area contributed by atoms with Crippen LogP contribution in [0.5, 0.6) is 11.5 Å². The number of hydrogen-bond donors (Lipinski definition) is 1. The maximum absolute atomic E-state index is 5.87. The lowest BCUT2D eigenvalue weighted by Gasteiger charge is -2.08. The van der Waals surface area contributed by atoms with Gasteiger partial charge in [0.1, 0.15) is 11.5 Å². The van der Waals surface area contributed by atoms with E-state index in [0.717, 1.165) is 9.32 Å². The zero-order valence-corrected chi connectivity index (χ0v) is 12.6. The highest BCUT2D eigenvalue weighted by molar-refractivity contribution is 14.1. The van der Waals surface area contributed by atoms with Gasteiger partial charge < -0.3 is 10.5 Å². The maximum atomic E-state index is 5.87. The molecule has 0 fully saturated rings. The molecule has 0 spiro atoms. The second kappa shape index (κ2) is 5.22. The second-order valence-electron chi connectivity index (χ2n) is 3.24. The zero-order chi connectivity index (χ0) is 11.5. The number of nitrogen functional groups attached to an aromatic ring is 1. The molecule has 2 aromatic rings. The molecule has 0 bridgehead atoms. The third-order valence-corrected chi connectivity index (χ3v) is 3.40. The highest BCUT2D eigenvalue weighted by Gasteiger charge is 2.02. The predicted octanol–water partition coefficient (Wildman–Crippen LogP) is 4.27. The SMILES string of the molecule is Nc1cc(I)ccc1Oc1ccc(I)cc1. The van der Waals surface area contributed by atoms with Gasteiger partial charge in [-0.05, 0) is 87.6 Å². The summed E-state index contributed by atoms with van der Waals surface area (Å²) in [6.45, 7) is 0. The van der Waals surface area contributed by atoms with Crippen molar-refractivity contribution in [3.8, 4) is 11.5 Å². The van der Waals surface area contributed by atoms with Crippen molar-refractivity contribution >= 4 is 50.9 Å². The van der Waals surface area contributed by atoms with Crippen molar-refractivity contribution in [2.75, 3.05) is 5.73 Å². The fraction of sp³-hybridized carbons (Fsp3) is 0. The van der Waals surface area contributed by atoms with E-state index in [2.05, 4.69) is 45.2 Å². The van der Waals surface area contributed by atoms with E-state index in [1.165, 1.54) is 3.57 Å². The molecule has 0 aliphatic rings. The average Bonchev–Trinajstić information content (AvgIpc) is 2.25. The molecular weight excluding hydrogens is 428 g/mol. The van der Waals surface area contributed by atoms with Gasteiger partial charge in [0.2, 0.25) is 0 Å². The molecular formula is C12H9I2NO. The van der Waals surface area contributed by atoms with Gasteiger partial charge in [-0.1, -0.05) is 0 Å². The van der Waals surface area contributed by atoms with Gasteiger partial charge in [-0.2, -0.15) is 0 Å². The van der Waals surface area contributed by atoms with Crippen molar-refractivity contribution in [2.24, 2.45) is 0 Å². The third-order valence-electron chi connectivity index (χ3n) is 2.01. The molecule has 2 rings (SSSR count). The average molecular weight is 437 g/mol. The Balaban J connectivity index is 2.23. The van der Waals surface area contributed by atoms with Crippen molar-refractivity contribution in [1.82, 2.24) is 0 Å². The molecule has 0 aliphatic heterocycles. The summed E-state index contributed by atoms with van der Waals surface area (Å²) in [5.41, 5.74) is 6.53. The molecule has 2 aromatic carbocycles. The van der Waals surface area contributed by atoms with Crippen molar-refractivity contribution in [3.05, 3.63) is 49.6 Å². The van der Waals surface area contributed by atoms with Crippen LogP contribution >= 0.6 is 45.2 Å². The standard InChI is InChI=1S/C12H9I2NO/c13-8-1-4-10(5-2-8)16-12-6-3-9(14)7-11(12)15/h1-7H,15H2. The minimum Gasteiger partial charge on any atom is -0.455 e. The summed E-state index contributed by atoms with van der Waals surface area (Å²) in [6.07, 6.45) is 0. The number of anilines is 1. The van der Waals surface area contributed by atoms with Crippen molar-refractivity contribution in [1.29, 1.82) is 0 Å². The number of halogens is 2. The van der Waals surface area contributed by atoms with Gasteiger partial charge in [0.15, 0.2) is 0 Å². The Hall–Kier alpha value is -0.500. The van der Waals surface area contributed by atoms with Gasteiger partial charge in [-0.3, -0.25) is 0 Å². The van der Waals surface area contributed by atoms with Gasteiger partial charge in [0.25, 0.3) is 0 Å². The van der Waals surface area contributed by atoms with E-state index in [1.807, 2.05) is 42.5 Å². The quantitative estimate of drug-likeness (QED) is 0.563. The fourth-order valence-electron chi connectivity index (χ4n) is 1.24. The van der Waals surface area contributed by atoms with Gasteiger partial charge in [0, 0.05) is 7.14 Å². The number of rotatable bonds is 2. The molecule has 0 aromatic heterocycles. The summed E-state index contributed by atoms with van der Waals surface area (Å²) in [5, 5.41) is 0. The summed E-state index contributed by atoms with van der Waals surface area (Å²) < 4.78 is 7.97. The normalized spacial score (nSPS) is 10.1. The van der Waals surface area contributed by atoms with Crippen LogP contribution in [0.1, 0.15) is 0 Å². The van der Waals surface area contributed by atoms with Crippen LogP contribution < -0.4 is 10.5 Å². The van der Waals surface area contributed by atoms with Crippen LogP contribution in [0.2, 0.25) is 0 Å². The summed E-state index contributed by atoms with van der Waals surface area (Å²) >= 11 is 4.48. The molecule has 16 heavy (non-hydrogen) atoms. The van der Waals surface area contributed by atoms with E-state index in [0.29, 0.717) is 11.4 Å². The van der Waals surface area contributed by atoms with Crippen molar-refractivity contribution < 1.29 is 4.74 Å². The molecule has 0 atom stereocenters. The van der Waals surface area contributed by atoms with Crippen LogP contribution in [-0.4, -0.2) is 0 Å². The van der Waals surface area contributed by atoms with Crippen LogP contribution in [0.15, 0.2) is 42.5 Å². The number of nitrogens with two attached hydrogens (primary N) is 1. The van der Waals surface area contributed by atoms with Gasteiger partial charge in [0.05, 0.1) is 5.69 Å². The van der Waals surface area contributed by atoms with Gasteiger partial charge in [-0.25, -0.2) is 0 Å². The summed E-state index contributed by atoms with van der Waals surface area (Å²) in [4.78, 5) is 0. The van der Waals surface area contributed by atoms with Crippen LogP contribution in [0, 0.1) is 7.14 Å². The Morgan fingerprint density at radius 3 is 2.12 bits per heavy atom. The van der Waals surface area contributed by atoms with E-state index in [9.17, 15) is 0 Å². The van der Waals surface area contributed by atoms with Crippen molar-refractivity contribution in [2.45, 2.75) is 0 Å². The smallest absolute Gasteiger partial charge is 0.150 e. The van der Waals surface area contributed by atoms with Gasteiger partial charge >= 0.3 is 0 Å². The monoisotopic (exact) mass is 437 g/mol. The first kappa shape index (κ1) is 12.0. The number of benzene rings is 2. The first-order chi connectivity index (χ1) is 7.65. The van der Waals surface area contributed by atoms with E-state index >= 15 is 0 Å². The van der Waals surface area contributed by atoms with Gasteiger partial charge in [-0.15, -0.1) is 0 Å². The summed E-state index contributed by atoms with van der Waals surface area (Å²) in [5.74, 6) is 1.50. The molecule has 0 heterocycles. The van der Waals surface area contributed by atoms with Crippen molar-refractivity contribution in [3.63, 3.8) is 0 Å². The molecule has 2 N–H and O–H groups in total. The minimum atomic E-state index is 0.658. The number of ether oxygens (including phenoxy) is 1. The molecule has 82 valence electrons. The molecule has 2 nitrogen and oxygen atoms in total. The third kappa shape index (κ3) is 3.00. The fourth-order valence-corrected chi connectivity index (χ4v) is 2.12. The minimum absolute atomic E-state index is 0.658. The first-order valence-electron chi connectivity index (χ1n) is 4.63. The molecule has 0 aliphatic carbocycles.